The molecule has 1 aromatic carbocycles. The molecule has 0 saturated heterocycles. The Morgan fingerprint density at radius 3 is 2.41 bits per heavy atom. The molecule has 0 aromatic heterocycles. The summed E-state index contributed by atoms with van der Waals surface area (Å²) < 4.78 is 4.50. The van der Waals surface area contributed by atoms with E-state index in [2.05, 4.69) is 22.6 Å². The Morgan fingerprint density at radius 2 is 1.94 bits per heavy atom. The molecule has 86 valence electrons. The molecule has 0 bridgehead atoms. The van der Waals surface area contributed by atoms with Crippen molar-refractivity contribution in [1.29, 1.82) is 5.26 Å². The summed E-state index contributed by atoms with van der Waals surface area (Å²) in [5.41, 5.74) is 3.38. The van der Waals surface area contributed by atoms with Crippen molar-refractivity contribution in [1.82, 2.24) is 0 Å². The Kier molecular flexibility index (Phi) is 4.31. The third-order valence-corrected chi connectivity index (χ3v) is 2.34. The van der Waals surface area contributed by atoms with Crippen molar-refractivity contribution >= 4 is 5.97 Å². The molecule has 0 spiro atoms. The molecule has 0 N–H and O–H groups in total. The van der Waals surface area contributed by atoms with Crippen LogP contribution in [0.4, 0.5) is 0 Å². The minimum atomic E-state index is -0.346. The first kappa shape index (κ1) is 12.8. The number of esters is 1. The summed E-state index contributed by atoms with van der Waals surface area (Å²) >= 11 is 0. The molecule has 1 aromatic rings. The van der Waals surface area contributed by atoms with E-state index in [0.717, 1.165) is 16.7 Å². The lowest BCUT2D eigenvalue weighted by Crippen LogP contribution is -1.97. The molecule has 0 radical (unpaired) electrons. The van der Waals surface area contributed by atoms with Crippen molar-refractivity contribution < 1.29 is 9.53 Å². The molecule has 0 amide bonds. The average Bonchev–Trinajstić information content (AvgIpc) is 2.31. The van der Waals surface area contributed by atoms with Gasteiger partial charge in [-0.15, -0.1) is 0 Å². The zero-order chi connectivity index (χ0) is 12.8. The van der Waals surface area contributed by atoms with Crippen molar-refractivity contribution in [3.05, 3.63) is 34.4 Å². The van der Waals surface area contributed by atoms with Crippen LogP contribution < -0.4 is 0 Å². The SMILES string of the molecule is COC(=O)CC#Cc1c(C)cc(C#N)cc1C. The van der Waals surface area contributed by atoms with E-state index in [1.165, 1.54) is 7.11 Å². The molecular weight excluding hydrogens is 214 g/mol. The van der Waals surface area contributed by atoms with Crippen LogP contribution in [0.15, 0.2) is 12.1 Å². The van der Waals surface area contributed by atoms with E-state index in [4.69, 9.17) is 5.26 Å². The summed E-state index contributed by atoms with van der Waals surface area (Å²) in [6.45, 7) is 3.80. The second kappa shape index (κ2) is 5.72. The second-order valence-corrected chi connectivity index (χ2v) is 3.65. The highest BCUT2D eigenvalue weighted by atomic mass is 16.5. The van der Waals surface area contributed by atoms with E-state index >= 15 is 0 Å². The van der Waals surface area contributed by atoms with Gasteiger partial charge in [-0.05, 0) is 37.1 Å². The van der Waals surface area contributed by atoms with E-state index in [-0.39, 0.29) is 12.4 Å². The van der Waals surface area contributed by atoms with Gasteiger partial charge >= 0.3 is 5.97 Å². The molecule has 0 atom stereocenters. The minimum Gasteiger partial charge on any atom is -0.468 e. The molecule has 0 fully saturated rings. The smallest absolute Gasteiger partial charge is 0.317 e. The Hall–Kier alpha value is -2.26. The van der Waals surface area contributed by atoms with Crippen LogP contribution in [0.25, 0.3) is 0 Å². The number of benzene rings is 1. The van der Waals surface area contributed by atoms with Crippen molar-refractivity contribution in [3.63, 3.8) is 0 Å². The molecule has 3 heteroatoms. The number of nitrogens with zero attached hydrogens (tertiary/aromatic N) is 1. The normalized spacial score (nSPS) is 8.82. The molecule has 0 heterocycles. The van der Waals surface area contributed by atoms with Crippen molar-refractivity contribution in [2.45, 2.75) is 20.3 Å². The Labute approximate surface area is 101 Å². The lowest BCUT2D eigenvalue weighted by Gasteiger charge is -2.03. The van der Waals surface area contributed by atoms with Crippen LogP contribution in [0.1, 0.15) is 28.7 Å². The molecular formula is C14H13NO2. The molecule has 0 aliphatic carbocycles. The minimum absolute atomic E-state index is 0.0788. The lowest BCUT2D eigenvalue weighted by molar-refractivity contribution is -0.139. The number of ether oxygens (including phenoxy) is 1. The van der Waals surface area contributed by atoms with Gasteiger partial charge in [0.2, 0.25) is 0 Å². The summed E-state index contributed by atoms with van der Waals surface area (Å²) in [7, 11) is 1.34. The van der Waals surface area contributed by atoms with Gasteiger partial charge in [-0.1, -0.05) is 11.8 Å². The topological polar surface area (TPSA) is 50.1 Å². The number of hydrogen-bond acceptors (Lipinski definition) is 3. The standard InChI is InChI=1S/C14H13NO2/c1-10-7-12(9-15)8-11(2)13(10)5-4-6-14(16)17-3/h7-8H,6H2,1-3H3. The number of rotatable bonds is 1. The van der Waals surface area contributed by atoms with E-state index < -0.39 is 0 Å². The number of carbonyl (C=O) groups is 1. The highest BCUT2D eigenvalue weighted by Crippen LogP contribution is 2.15. The first-order valence-electron chi connectivity index (χ1n) is 5.15. The second-order valence-electron chi connectivity index (χ2n) is 3.65. The Morgan fingerprint density at radius 1 is 1.35 bits per heavy atom. The van der Waals surface area contributed by atoms with Crippen LogP contribution in [0.3, 0.4) is 0 Å². The molecule has 0 unspecified atom stereocenters. The third-order valence-electron chi connectivity index (χ3n) is 2.34. The van der Waals surface area contributed by atoms with Crippen LogP contribution in [0.5, 0.6) is 0 Å². The maximum absolute atomic E-state index is 10.9. The average molecular weight is 227 g/mol. The highest BCUT2D eigenvalue weighted by Gasteiger charge is 2.02. The number of nitriles is 1. The van der Waals surface area contributed by atoms with Crippen molar-refractivity contribution in [3.8, 4) is 17.9 Å². The number of carbonyl (C=O) groups excluding carboxylic acids is 1. The first-order valence-corrected chi connectivity index (χ1v) is 5.15. The Bertz CT molecular complexity index is 519. The van der Waals surface area contributed by atoms with Gasteiger partial charge in [-0.3, -0.25) is 4.79 Å². The van der Waals surface area contributed by atoms with Gasteiger partial charge in [-0.2, -0.15) is 5.26 Å². The summed E-state index contributed by atoms with van der Waals surface area (Å²) in [6, 6.07) is 5.67. The van der Waals surface area contributed by atoms with E-state index in [1.807, 2.05) is 13.8 Å². The Balaban J connectivity index is 3.00. The van der Waals surface area contributed by atoms with Crippen molar-refractivity contribution in [2.24, 2.45) is 0 Å². The molecule has 17 heavy (non-hydrogen) atoms. The van der Waals surface area contributed by atoms with Gasteiger partial charge in [0.1, 0.15) is 6.42 Å². The fourth-order valence-corrected chi connectivity index (χ4v) is 1.50. The third kappa shape index (κ3) is 3.36. The monoisotopic (exact) mass is 227 g/mol. The van der Waals surface area contributed by atoms with E-state index in [1.54, 1.807) is 12.1 Å². The predicted molar refractivity (Wildman–Crippen MR) is 64.1 cm³/mol. The maximum atomic E-state index is 10.9. The zero-order valence-corrected chi connectivity index (χ0v) is 10.1. The van der Waals surface area contributed by atoms with Gasteiger partial charge in [0.05, 0.1) is 18.7 Å². The van der Waals surface area contributed by atoms with Crippen LogP contribution in [-0.4, -0.2) is 13.1 Å². The fourth-order valence-electron chi connectivity index (χ4n) is 1.50. The van der Waals surface area contributed by atoms with Crippen molar-refractivity contribution in [2.75, 3.05) is 7.11 Å². The fraction of sp³-hybridized carbons (Fsp3) is 0.286. The number of methoxy groups -OCH3 is 1. The largest absolute Gasteiger partial charge is 0.468 e. The van der Waals surface area contributed by atoms with Gasteiger partial charge in [0.25, 0.3) is 0 Å². The van der Waals surface area contributed by atoms with Crippen LogP contribution >= 0.6 is 0 Å². The van der Waals surface area contributed by atoms with E-state index in [0.29, 0.717) is 5.56 Å². The molecule has 0 aliphatic rings. The van der Waals surface area contributed by atoms with Crippen LogP contribution in [0.2, 0.25) is 0 Å². The summed E-state index contributed by atoms with van der Waals surface area (Å²) in [5, 5.41) is 8.81. The van der Waals surface area contributed by atoms with Gasteiger partial charge in [-0.25, -0.2) is 0 Å². The molecule has 1 rings (SSSR count). The zero-order valence-electron chi connectivity index (χ0n) is 10.1. The number of aryl methyl sites for hydroxylation is 2. The van der Waals surface area contributed by atoms with Gasteiger partial charge in [0.15, 0.2) is 0 Å². The molecule has 0 aliphatic heterocycles. The van der Waals surface area contributed by atoms with E-state index in [9.17, 15) is 4.79 Å². The molecule has 0 saturated carbocycles. The van der Waals surface area contributed by atoms with Gasteiger partial charge < -0.3 is 4.74 Å². The van der Waals surface area contributed by atoms with Crippen LogP contribution in [-0.2, 0) is 9.53 Å². The highest BCUT2D eigenvalue weighted by molar-refractivity contribution is 5.72. The molecule has 3 nitrogen and oxygen atoms in total. The predicted octanol–water partition coefficient (Wildman–Crippen LogP) is 2.09. The quantitative estimate of drug-likeness (QED) is 0.545. The first-order chi connectivity index (χ1) is 8.08. The van der Waals surface area contributed by atoms with Gasteiger partial charge in [0, 0.05) is 5.56 Å². The summed E-state index contributed by atoms with van der Waals surface area (Å²) in [6.07, 6.45) is 0.0788. The lowest BCUT2D eigenvalue weighted by atomic mass is 10.00. The van der Waals surface area contributed by atoms with Crippen LogP contribution in [0, 0.1) is 37.0 Å². The summed E-state index contributed by atoms with van der Waals surface area (Å²) in [5.74, 6) is 5.36. The number of hydrogen-bond donors (Lipinski definition) is 0. The maximum Gasteiger partial charge on any atom is 0.317 e. The summed E-state index contributed by atoms with van der Waals surface area (Å²) in [4.78, 5) is 10.9.